The summed E-state index contributed by atoms with van der Waals surface area (Å²) in [6.07, 6.45) is 1.30. The van der Waals surface area contributed by atoms with E-state index in [2.05, 4.69) is 15.5 Å². The molecule has 0 aliphatic rings. The van der Waals surface area contributed by atoms with Crippen molar-refractivity contribution in [2.45, 2.75) is 6.92 Å². The van der Waals surface area contributed by atoms with E-state index in [9.17, 15) is 14.0 Å². The van der Waals surface area contributed by atoms with Gasteiger partial charge in [-0.25, -0.2) is 4.39 Å². The number of hydrogen-bond acceptors (Lipinski definition) is 4. The molecule has 3 aromatic rings. The van der Waals surface area contributed by atoms with Gasteiger partial charge in [0.1, 0.15) is 17.4 Å². The molecule has 7 nitrogen and oxygen atoms in total. The number of hydrogen-bond donors (Lipinski definition) is 2. The normalized spacial score (nSPS) is 10.3. The van der Waals surface area contributed by atoms with Gasteiger partial charge in [-0.3, -0.25) is 19.3 Å². The van der Waals surface area contributed by atoms with Crippen LogP contribution in [0.2, 0.25) is 0 Å². The molecule has 0 spiro atoms. The summed E-state index contributed by atoms with van der Waals surface area (Å²) >= 11 is 0. The topological polar surface area (TPSA) is 104 Å². The van der Waals surface area contributed by atoms with Crippen molar-refractivity contribution in [3.63, 3.8) is 0 Å². The number of carbonyl (C=O) groups is 1. The van der Waals surface area contributed by atoms with E-state index in [1.807, 2.05) is 6.07 Å². The van der Waals surface area contributed by atoms with Crippen molar-refractivity contribution in [1.82, 2.24) is 14.8 Å². The van der Waals surface area contributed by atoms with E-state index in [-0.39, 0.29) is 16.9 Å². The molecular formula is C17H12FN5O2. The van der Waals surface area contributed by atoms with Crippen LogP contribution in [-0.4, -0.2) is 20.7 Å². The number of rotatable bonds is 3. The summed E-state index contributed by atoms with van der Waals surface area (Å²) in [6.45, 7) is 1.66. The molecule has 2 aromatic heterocycles. The Morgan fingerprint density at radius 3 is 2.88 bits per heavy atom. The highest BCUT2D eigenvalue weighted by molar-refractivity contribution is 6.04. The lowest BCUT2D eigenvalue weighted by Crippen LogP contribution is -2.21. The van der Waals surface area contributed by atoms with Crippen molar-refractivity contribution >= 4 is 11.7 Å². The van der Waals surface area contributed by atoms with Crippen LogP contribution in [0, 0.1) is 24.1 Å². The highest BCUT2D eigenvalue weighted by Gasteiger charge is 2.15. The number of aromatic amines is 1. The molecule has 3 rings (SSSR count). The molecule has 0 radical (unpaired) electrons. The van der Waals surface area contributed by atoms with Crippen LogP contribution in [0.1, 0.15) is 21.6 Å². The maximum absolute atomic E-state index is 13.4. The summed E-state index contributed by atoms with van der Waals surface area (Å²) in [5.74, 6) is -0.938. The summed E-state index contributed by atoms with van der Waals surface area (Å²) in [4.78, 5) is 24.4. The highest BCUT2D eigenvalue weighted by Crippen LogP contribution is 2.15. The molecule has 0 aliphatic carbocycles. The van der Waals surface area contributed by atoms with E-state index in [1.165, 1.54) is 41.1 Å². The fraction of sp³-hybridized carbons (Fsp3) is 0.0588. The maximum Gasteiger partial charge on any atom is 0.258 e. The molecule has 25 heavy (non-hydrogen) atoms. The van der Waals surface area contributed by atoms with Crippen LogP contribution in [0.4, 0.5) is 10.2 Å². The maximum atomic E-state index is 13.4. The Kier molecular flexibility index (Phi) is 4.14. The van der Waals surface area contributed by atoms with Crippen molar-refractivity contribution < 1.29 is 9.18 Å². The zero-order chi connectivity index (χ0) is 18.0. The SMILES string of the molecule is Cc1[nH]nc(NC(=O)c2ccc(=O)n(-c3cccc(F)c3)c2)c1C#N. The van der Waals surface area contributed by atoms with Gasteiger partial charge in [0.25, 0.3) is 11.5 Å². The van der Waals surface area contributed by atoms with Gasteiger partial charge in [-0.05, 0) is 31.2 Å². The largest absolute Gasteiger partial charge is 0.304 e. The fourth-order valence-corrected chi connectivity index (χ4v) is 2.29. The van der Waals surface area contributed by atoms with Gasteiger partial charge in [-0.2, -0.15) is 10.4 Å². The first kappa shape index (κ1) is 16.1. The molecule has 0 aliphatic heterocycles. The van der Waals surface area contributed by atoms with Crippen molar-refractivity contribution in [2.24, 2.45) is 0 Å². The summed E-state index contributed by atoms with van der Waals surface area (Å²) in [7, 11) is 0. The number of nitrogens with zero attached hydrogens (tertiary/aromatic N) is 3. The smallest absolute Gasteiger partial charge is 0.258 e. The molecule has 1 aromatic carbocycles. The monoisotopic (exact) mass is 337 g/mol. The number of H-pyrrole nitrogens is 1. The zero-order valence-electron chi connectivity index (χ0n) is 13.1. The second-order valence-corrected chi connectivity index (χ2v) is 5.24. The minimum Gasteiger partial charge on any atom is -0.304 e. The van der Waals surface area contributed by atoms with E-state index in [4.69, 9.17) is 5.26 Å². The van der Waals surface area contributed by atoms with Gasteiger partial charge in [0.05, 0.1) is 16.9 Å². The number of pyridine rings is 1. The highest BCUT2D eigenvalue weighted by atomic mass is 19.1. The summed E-state index contributed by atoms with van der Waals surface area (Å²) in [5.41, 5.74) is 0.811. The Hall–Kier alpha value is -3.73. The van der Waals surface area contributed by atoms with Crippen LogP contribution in [0.3, 0.4) is 0 Å². The second kappa shape index (κ2) is 6.41. The average molecular weight is 337 g/mol. The lowest BCUT2D eigenvalue weighted by atomic mass is 10.2. The molecule has 2 heterocycles. The molecule has 0 saturated heterocycles. The Labute approximate surface area is 141 Å². The van der Waals surface area contributed by atoms with Crippen LogP contribution >= 0.6 is 0 Å². The van der Waals surface area contributed by atoms with Crippen molar-refractivity contribution in [3.05, 3.63) is 75.6 Å². The van der Waals surface area contributed by atoms with E-state index in [1.54, 1.807) is 13.0 Å². The van der Waals surface area contributed by atoms with Crippen molar-refractivity contribution in [1.29, 1.82) is 5.26 Å². The lowest BCUT2D eigenvalue weighted by molar-refractivity contribution is 0.102. The summed E-state index contributed by atoms with van der Waals surface area (Å²) in [5, 5.41) is 18.1. The van der Waals surface area contributed by atoms with Crippen LogP contribution in [0.15, 0.2) is 47.4 Å². The van der Waals surface area contributed by atoms with Crippen LogP contribution in [0.5, 0.6) is 0 Å². The fourth-order valence-electron chi connectivity index (χ4n) is 2.29. The Bertz CT molecular complexity index is 1060. The number of halogens is 1. The standard InChI is InChI=1S/C17H12FN5O2/c1-10-14(8-19)16(22-21-10)20-17(25)11-5-6-15(24)23(9-11)13-4-2-3-12(18)7-13/h2-7,9H,1H3,(H2,20,21,22,25). The molecule has 0 unspecified atom stereocenters. The first-order valence-corrected chi connectivity index (χ1v) is 7.24. The van der Waals surface area contributed by atoms with Crippen LogP contribution in [0.25, 0.3) is 5.69 Å². The van der Waals surface area contributed by atoms with Gasteiger partial charge in [-0.1, -0.05) is 6.07 Å². The number of nitriles is 1. The van der Waals surface area contributed by atoms with E-state index >= 15 is 0 Å². The first-order chi connectivity index (χ1) is 12.0. The van der Waals surface area contributed by atoms with Gasteiger partial charge < -0.3 is 5.32 Å². The van der Waals surface area contributed by atoms with Gasteiger partial charge in [-0.15, -0.1) is 0 Å². The van der Waals surface area contributed by atoms with Crippen molar-refractivity contribution in [2.75, 3.05) is 5.32 Å². The van der Waals surface area contributed by atoms with E-state index in [0.29, 0.717) is 11.4 Å². The number of carbonyl (C=O) groups excluding carboxylic acids is 1. The van der Waals surface area contributed by atoms with Gasteiger partial charge in [0, 0.05) is 12.3 Å². The van der Waals surface area contributed by atoms with Crippen LogP contribution < -0.4 is 10.9 Å². The Morgan fingerprint density at radius 2 is 2.16 bits per heavy atom. The number of amides is 1. The molecule has 0 atom stereocenters. The Balaban J connectivity index is 1.96. The average Bonchev–Trinajstić information content (AvgIpc) is 2.94. The third kappa shape index (κ3) is 3.16. The predicted molar refractivity (Wildman–Crippen MR) is 88.0 cm³/mol. The predicted octanol–water partition coefficient (Wildman–Crippen LogP) is 2.13. The summed E-state index contributed by atoms with van der Waals surface area (Å²) in [6, 6.07) is 9.97. The third-order valence-electron chi connectivity index (χ3n) is 3.55. The molecule has 0 saturated carbocycles. The van der Waals surface area contributed by atoms with E-state index < -0.39 is 17.3 Å². The molecule has 8 heteroatoms. The number of benzene rings is 1. The number of aryl methyl sites for hydroxylation is 1. The van der Waals surface area contributed by atoms with Gasteiger partial charge >= 0.3 is 0 Å². The molecule has 1 amide bonds. The van der Waals surface area contributed by atoms with Crippen molar-refractivity contribution in [3.8, 4) is 11.8 Å². The number of aromatic nitrogens is 3. The van der Waals surface area contributed by atoms with Crippen LogP contribution in [-0.2, 0) is 0 Å². The molecular weight excluding hydrogens is 325 g/mol. The zero-order valence-corrected chi connectivity index (χ0v) is 13.1. The molecule has 0 bridgehead atoms. The van der Waals surface area contributed by atoms with Gasteiger partial charge in [0.2, 0.25) is 0 Å². The minimum absolute atomic E-state index is 0.105. The quantitative estimate of drug-likeness (QED) is 0.764. The molecule has 0 fully saturated rings. The molecule has 2 N–H and O–H groups in total. The third-order valence-corrected chi connectivity index (χ3v) is 3.55. The minimum atomic E-state index is -0.548. The lowest BCUT2D eigenvalue weighted by Gasteiger charge is -2.08. The summed E-state index contributed by atoms with van der Waals surface area (Å²) < 4.78 is 14.5. The number of anilines is 1. The first-order valence-electron chi connectivity index (χ1n) is 7.24. The van der Waals surface area contributed by atoms with E-state index in [0.717, 1.165) is 0 Å². The molecule has 124 valence electrons. The van der Waals surface area contributed by atoms with Gasteiger partial charge in [0.15, 0.2) is 5.82 Å². The Morgan fingerprint density at radius 1 is 1.36 bits per heavy atom. The number of nitrogens with one attached hydrogen (secondary N) is 2. The second-order valence-electron chi connectivity index (χ2n) is 5.24.